The molecule has 20 heavy (non-hydrogen) atoms. The van der Waals surface area contributed by atoms with Crippen molar-refractivity contribution in [1.29, 1.82) is 0 Å². The van der Waals surface area contributed by atoms with Crippen LogP contribution >= 0.6 is 11.6 Å². The van der Waals surface area contributed by atoms with Gasteiger partial charge in [-0.15, -0.1) is 0 Å². The number of rotatable bonds is 5. The molecule has 0 atom stereocenters. The van der Waals surface area contributed by atoms with Crippen LogP contribution in [0.2, 0.25) is 5.02 Å². The van der Waals surface area contributed by atoms with E-state index in [9.17, 15) is 4.79 Å². The van der Waals surface area contributed by atoms with Crippen molar-refractivity contribution in [2.75, 3.05) is 6.54 Å². The minimum atomic E-state index is -0.186. The number of halogens is 1. The molecule has 1 aromatic heterocycles. The molecule has 0 aliphatic carbocycles. The summed E-state index contributed by atoms with van der Waals surface area (Å²) in [5.41, 5.74) is 2.07. The van der Waals surface area contributed by atoms with E-state index >= 15 is 0 Å². The molecular formula is C15H16ClN3O. The first-order chi connectivity index (χ1) is 9.74. The summed E-state index contributed by atoms with van der Waals surface area (Å²) in [5.74, 6) is 0. The summed E-state index contributed by atoms with van der Waals surface area (Å²) in [7, 11) is 0. The van der Waals surface area contributed by atoms with E-state index in [1.165, 1.54) is 0 Å². The van der Waals surface area contributed by atoms with E-state index in [2.05, 4.69) is 15.6 Å². The van der Waals surface area contributed by atoms with Gasteiger partial charge in [0.2, 0.25) is 0 Å². The van der Waals surface area contributed by atoms with Gasteiger partial charge in [0, 0.05) is 30.5 Å². The Bertz CT molecular complexity index is 560. The number of nitrogens with one attached hydrogen (secondary N) is 2. The summed E-state index contributed by atoms with van der Waals surface area (Å²) in [6.07, 6.45) is 4.29. The van der Waals surface area contributed by atoms with Crippen molar-refractivity contribution in [1.82, 2.24) is 15.6 Å². The molecular weight excluding hydrogens is 274 g/mol. The van der Waals surface area contributed by atoms with Crippen LogP contribution in [-0.4, -0.2) is 17.6 Å². The summed E-state index contributed by atoms with van der Waals surface area (Å²) < 4.78 is 0. The maximum Gasteiger partial charge on any atom is 0.315 e. The summed E-state index contributed by atoms with van der Waals surface area (Å²) in [6.45, 7) is 1.03. The topological polar surface area (TPSA) is 54.0 Å². The van der Waals surface area contributed by atoms with Crippen LogP contribution in [0, 0.1) is 0 Å². The second-order valence-corrected chi connectivity index (χ2v) is 4.79. The quantitative estimate of drug-likeness (QED) is 0.889. The van der Waals surface area contributed by atoms with E-state index in [1.807, 2.05) is 30.3 Å². The Morgan fingerprint density at radius 2 is 2.00 bits per heavy atom. The maximum atomic E-state index is 11.6. The lowest BCUT2D eigenvalue weighted by molar-refractivity contribution is 0.240. The van der Waals surface area contributed by atoms with E-state index in [0.29, 0.717) is 18.1 Å². The number of hydrogen-bond acceptors (Lipinski definition) is 2. The smallest absolute Gasteiger partial charge is 0.315 e. The molecule has 0 aliphatic heterocycles. The van der Waals surface area contributed by atoms with Crippen LogP contribution in [-0.2, 0) is 13.0 Å². The minimum Gasteiger partial charge on any atom is -0.338 e. The number of carbonyl (C=O) groups is 1. The summed E-state index contributed by atoms with van der Waals surface area (Å²) >= 11 is 5.88. The molecule has 0 saturated carbocycles. The number of benzene rings is 1. The normalized spacial score (nSPS) is 10.1. The Morgan fingerprint density at radius 1 is 1.15 bits per heavy atom. The first-order valence-electron chi connectivity index (χ1n) is 6.39. The Balaban J connectivity index is 1.68. The molecule has 5 heteroatoms. The number of aromatic nitrogens is 1. The second kappa shape index (κ2) is 7.50. The summed E-state index contributed by atoms with van der Waals surface area (Å²) in [4.78, 5) is 15.6. The molecule has 1 heterocycles. The van der Waals surface area contributed by atoms with Gasteiger partial charge in [0.05, 0.1) is 0 Å². The van der Waals surface area contributed by atoms with Crippen molar-refractivity contribution in [3.63, 3.8) is 0 Å². The number of urea groups is 1. The highest BCUT2D eigenvalue weighted by molar-refractivity contribution is 6.30. The highest BCUT2D eigenvalue weighted by Gasteiger charge is 2.00. The molecule has 104 valence electrons. The molecule has 0 saturated heterocycles. The monoisotopic (exact) mass is 289 g/mol. The van der Waals surface area contributed by atoms with Crippen LogP contribution in [0.5, 0.6) is 0 Å². The average Bonchev–Trinajstić information content (AvgIpc) is 2.46. The molecule has 0 fully saturated rings. The van der Waals surface area contributed by atoms with Crippen molar-refractivity contribution in [3.8, 4) is 0 Å². The zero-order valence-electron chi connectivity index (χ0n) is 11.0. The standard InChI is InChI=1S/C15H16ClN3O/c16-14-5-1-3-13(9-14)11-19-15(20)18-8-6-12-4-2-7-17-10-12/h1-5,7,9-10H,6,8,11H2,(H2,18,19,20). The van der Waals surface area contributed by atoms with E-state index < -0.39 is 0 Å². The Kier molecular flexibility index (Phi) is 5.38. The Labute approximate surface area is 123 Å². The van der Waals surface area contributed by atoms with Gasteiger partial charge in [-0.25, -0.2) is 4.79 Å². The van der Waals surface area contributed by atoms with Crippen molar-refractivity contribution in [2.45, 2.75) is 13.0 Å². The van der Waals surface area contributed by atoms with Gasteiger partial charge >= 0.3 is 6.03 Å². The van der Waals surface area contributed by atoms with Gasteiger partial charge in [0.25, 0.3) is 0 Å². The predicted octanol–water partition coefficient (Wildman–Crippen LogP) is 2.78. The fourth-order valence-electron chi connectivity index (χ4n) is 1.76. The van der Waals surface area contributed by atoms with Gasteiger partial charge in [-0.05, 0) is 35.7 Å². The predicted molar refractivity (Wildman–Crippen MR) is 79.6 cm³/mol. The second-order valence-electron chi connectivity index (χ2n) is 4.35. The van der Waals surface area contributed by atoms with Gasteiger partial charge < -0.3 is 10.6 Å². The van der Waals surface area contributed by atoms with E-state index in [0.717, 1.165) is 17.5 Å². The van der Waals surface area contributed by atoms with Crippen molar-refractivity contribution in [2.24, 2.45) is 0 Å². The molecule has 0 bridgehead atoms. The fourth-order valence-corrected chi connectivity index (χ4v) is 1.97. The molecule has 0 aliphatic rings. The molecule has 4 nitrogen and oxygen atoms in total. The largest absolute Gasteiger partial charge is 0.338 e. The van der Waals surface area contributed by atoms with Crippen molar-refractivity contribution < 1.29 is 4.79 Å². The number of pyridine rings is 1. The van der Waals surface area contributed by atoms with E-state index in [1.54, 1.807) is 18.5 Å². The third kappa shape index (κ3) is 4.90. The van der Waals surface area contributed by atoms with Gasteiger partial charge in [0.1, 0.15) is 0 Å². The first kappa shape index (κ1) is 14.3. The average molecular weight is 290 g/mol. The summed E-state index contributed by atoms with van der Waals surface area (Å²) in [6, 6.07) is 11.1. The Morgan fingerprint density at radius 3 is 2.75 bits per heavy atom. The van der Waals surface area contributed by atoms with Crippen LogP contribution in [0.1, 0.15) is 11.1 Å². The lowest BCUT2D eigenvalue weighted by Crippen LogP contribution is -2.36. The fraction of sp³-hybridized carbons (Fsp3) is 0.200. The number of carbonyl (C=O) groups excluding carboxylic acids is 1. The number of nitrogens with zero attached hydrogens (tertiary/aromatic N) is 1. The first-order valence-corrected chi connectivity index (χ1v) is 6.77. The number of amides is 2. The van der Waals surface area contributed by atoms with Gasteiger partial charge in [-0.1, -0.05) is 29.8 Å². The molecule has 2 amide bonds. The maximum absolute atomic E-state index is 11.6. The van der Waals surface area contributed by atoms with Crippen LogP contribution in [0.15, 0.2) is 48.8 Å². The minimum absolute atomic E-state index is 0.186. The molecule has 2 rings (SSSR count). The van der Waals surface area contributed by atoms with E-state index in [4.69, 9.17) is 11.6 Å². The molecule has 2 aromatic rings. The van der Waals surface area contributed by atoms with E-state index in [-0.39, 0.29) is 6.03 Å². The molecule has 0 unspecified atom stereocenters. The number of hydrogen-bond donors (Lipinski definition) is 2. The highest BCUT2D eigenvalue weighted by atomic mass is 35.5. The molecule has 1 aromatic carbocycles. The van der Waals surface area contributed by atoms with Crippen molar-refractivity contribution >= 4 is 17.6 Å². The molecule has 0 spiro atoms. The Hall–Kier alpha value is -2.07. The van der Waals surface area contributed by atoms with Gasteiger partial charge in [-0.2, -0.15) is 0 Å². The molecule has 2 N–H and O–H groups in total. The highest BCUT2D eigenvalue weighted by Crippen LogP contribution is 2.10. The third-order valence-corrected chi connectivity index (χ3v) is 3.00. The van der Waals surface area contributed by atoms with Gasteiger partial charge in [0.15, 0.2) is 0 Å². The lowest BCUT2D eigenvalue weighted by atomic mass is 10.2. The zero-order chi connectivity index (χ0) is 14.2. The molecule has 0 radical (unpaired) electrons. The third-order valence-electron chi connectivity index (χ3n) is 2.76. The zero-order valence-corrected chi connectivity index (χ0v) is 11.7. The summed E-state index contributed by atoms with van der Waals surface area (Å²) in [5, 5.41) is 6.26. The SMILES string of the molecule is O=C(NCCc1cccnc1)NCc1cccc(Cl)c1. The van der Waals surface area contributed by atoms with Crippen LogP contribution in [0.3, 0.4) is 0 Å². The lowest BCUT2D eigenvalue weighted by Gasteiger charge is -2.08. The van der Waals surface area contributed by atoms with Crippen molar-refractivity contribution in [3.05, 3.63) is 64.9 Å². The van der Waals surface area contributed by atoms with Gasteiger partial charge in [-0.3, -0.25) is 4.98 Å². The van der Waals surface area contributed by atoms with Crippen LogP contribution in [0.4, 0.5) is 4.79 Å². The van der Waals surface area contributed by atoms with Crippen LogP contribution in [0.25, 0.3) is 0 Å². The van der Waals surface area contributed by atoms with Crippen LogP contribution < -0.4 is 10.6 Å².